The summed E-state index contributed by atoms with van der Waals surface area (Å²) < 4.78 is 0. The molecule has 1 aliphatic carbocycles. The summed E-state index contributed by atoms with van der Waals surface area (Å²) in [5, 5.41) is 22.8. The van der Waals surface area contributed by atoms with Crippen LogP contribution in [-0.4, -0.2) is 28.5 Å². The monoisotopic (exact) mass is 292 g/mol. The lowest BCUT2D eigenvalue weighted by Crippen LogP contribution is -2.41. The molecule has 1 amide bonds. The molecule has 0 aromatic heterocycles. The van der Waals surface area contributed by atoms with E-state index in [0.29, 0.717) is 12.8 Å². The van der Waals surface area contributed by atoms with Gasteiger partial charge in [0.1, 0.15) is 5.56 Å². The van der Waals surface area contributed by atoms with Crippen molar-refractivity contribution in [1.82, 2.24) is 5.32 Å². The second-order valence-corrected chi connectivity index (χ2v) is 5.25. The minimum Gasteiger partial charge on any atom is -0.481 e. The molecule has 0 radical (unpaired) electrons. The number of nitrogens with zero attached hydrogens (tertiary/aromatic N) is 1. The number of para-hydroxylation sites is 1. The topological polar surface area (TPSA) is 110 Å². The molecule has 21 heavy (non-hydrogen) atoms. The number of nitro benzene ring substituents is 1. The molecule has 7 nitrogen and oxygen atoms in total. The molecule has 2 rings (SSSR count). The van der Waals surface area contributed by atoms with E-state index in [2.05, 4.69) is 5.32 Å². The number of hydrogen-bond donors (Lipinski definition) is 2. The van der Waals surface area contributed by atoms with Gasteiger partial charge in [0.2, 0.25) is 0 Å². The van der Waals surface area contributed by atoms with E-state index >= 15 is 0 Å². The number of nitro groups is 1. The van der Waals surface area contributed by atoms with E-state index in [1.807, 2.05) is 0 Å². The molecule has 0 spiro atoms. The highest BCUT2D eigenvalue weighted by Crippen LogP contribution is 2.37. The van der Waals surface area contributed by atoms with Crippen molar-refractivity contribution in [2.24, 2.45) is 5.41 Å². The van der Waals surface area contributed by atoms with Gasteiger partial charge < -0.3 is 10.4 Å². The summed E-state index contributed by atoms with van der Waals surface area (Å²) in [5.74, 6) is -1.54. The summed E-state index contributed by atoms with van der Waals surface area (Å²) in [6.45, 7) is -0.00673. The Labute approximate surface area is 121 Å². The zero-order valence-electron chi connectivity index (χ0n) is 11.4. The van der Waals surface area contributed by atoms with Crippen LogP contribution in [-0.2, 0) is 4.79 Å². The number of benzene rings is 1. The predicted molar refractivity (Wildman–Crippen MR) is 74.0 cm³/mol. The number of carbonyl (C=O) groups excluding carboxylic acids is 1. The van der Waals surface area contributed by atoms with Crippen LogP contribution in [0.2, 0.25) is 0 Å². The molecule has 0 unspecified atom stereocenters. The summed E-state index contributed by atoms with van der Waals surface area (Å²) in [7, 11) is 0. The first-order chi connectivity index (χ1) is 9.96. The Balaban J connectivity index is 2.12. The van der Waals surface area contributed by atoms with Crippen molar-refractivity contribution in [1.29, 1.82) is 0 Å². The van der Waals surface area contributed by atoms with Gasteiger partial charge in [0.05, 0.1) is 10.3 Å². The van der Waals surface area contributed by atoms with E-state index in [1.54, 1.807) is 0 Å². The molecule has 1 saturated carbocycles. The standard InChI is InChI=1S/C14H16N2O5/c17-12(10-5-1-2-6-11(10)16(20)21)15-9-14(13(18)19)7-3-4-8-14/h1-2,5-6H,3-4,7-9H2,(H,15,17)(H,18,19). The molecule has 0 atom stereocenters. The summed E-state index contributed by atoms with van der Waals surface area (Å²) in [6.07, 6.45) is 2.65. The number of carbonyl (C=O) groups is 2. The second-order valence-electron chi connectivity index (χ2n) is 5.25. The minimum atomic E-state index is -0.945. The van der Waals surface area contributed by atoms with Gasteiger partial charge >= 0.3 is 5.97 Å². The number of amides is 1. The Hall–Kier alpha value is -2.44. The van der Waals surface area contributed by atoms with Crippen LogP contribution in [0.1, 0.15) is 36.0 Å². The van der Waals surface area contributed by atoms with Crippen LogP contribution in [0.25, 0.3) is 0 Å². The average molecular weight is 292 g/mol. The van der Waals surface area contributed by atoms with Crippen molar-refractivity contribution in [3.05, 3.63) is 39.9 Å². The van der Waals surface area contributed by atoms with Gasteiger partial charge in [0, 0.05) is 12.6 Å². The highest BCUT2D eigenvalue weighted by Gasteiger charge is 2.41. The molecule has 0 aliphatic heterocycles. The predicted octanol–water partition coefficient (Wildman–Crippen LogP) is 1.97. The largest absolute Gasteiger partial charge is 0.481 e. The first kappa shape index (κ1) is 15.0. The van der Waals surface area contributed by atoms with E-state index in [-0.39, 0.29) is 17.8 Å². The van der Waals surface area contributed by atoms with Crippen molar-refractivity contribution in [3.63, 3.8) is 0 Å². The first-order valence-corrected chi connectivity index (χ1v) is 6.71. The Kier molecular flexibility index (Phi) is 4.21. The molecule has 7 heteroatoms. The first-order valence-electron chi connectivity index (χ1n) is 6.71. The Morgan fingerprint density at radius 3 is 2.48 bits per heavy atom. The molecule has 0 bridgehead atoms. The number of carboxylic acids is 1. The highest BCUT2D eigenvalue weighted by molar-refractivity contribution is 5.98. The highest BCUT2D eigenvalue weighted by atomic mass is 16.6. The lowest BCUT2D eigenvalue weighted by Gasteiger charge is -2.23. The van der Waals surface area contributed by atoms with Crippen LogP contribution in [0.5, 0.6) is 0 Å². The molecule has 1 fully saturated rings. The van der Waals surface area contributed by atoms with Crippen LogP contribution in [0.4, 0.5) is 5.69 Å². The Morgan fingerprint density at radius 1 is 1.29 bits per heavy atom. The number of rotatable bonds is 5. The van der Waals surface area contributed by atoms with Crippen molar-refractivity contribution in [2.75, 3.05) is 6.54 Å². The van der Waals surface area contributed by atoms with E-state index in [9.17, 15) is 24.8 Å². The third-order valence-corrected chi connectivity index (χ3v) is 3.95. The van der Waals surface area contributed by atoms with Crippen LogP contribution in [0.3, 0.4) is 0 Å². The summed E-state index contributed by atoms with van der Waals surface area (Å²) in [6, 6.07) is 5.61. The summed E-state index contributed by atoms with van der Waals surface area (Å²) in [5.41, 5.74) is -1.29. The molecule has 1 aromatic carbocycles. The van der Waals surface area contributed by atoms with Gasteiger partial charge in [0.25, 0.3) is 11.6 Å². The van der Waals surface area contributed by atoms with E-state index < -0.39 is 22.2 Å². The molecule has 1 aliphatic rings. The minimum absolute atomic E-state index is 0.00673. The Bertz CT molecular complexity index is 578. The smallest absolute Gasteiger partial charge is 0.311 e. The zero-order chi connectivity index (χ0) is 15.5. The quantitative estimate of drug-likeness (QED) is 0.637. The third kappa shape index (κ3) is 3.01. The maximum Gasteiger partial charge on any atom is 0.311 e. The van der Waals surface area contributed by atoms with Gasteiger partial charge in [-0.15, -0.1) is 0 Å². The lowest BCUT2D eigenvalue weighted by molar-refractivity contribution is -0.385. The van der Waals surface area contributed by atoms with Crippen molar-refractivity contribution in [3.8, 4) is 0 Å². The molecule has 112 valence electrons. The SMILES string of the molecule is O=C(NCC1(C(=O)O)CCCC1)c1ccccc1[N+](=O)[O-]. The number of hydrogen-bond acceptors (Lipinski definition) is 4. The molecule has 2 N–H and O–H groups in total. The maximum absolute atomic E-state index is 12.1. The van der Waals surface area contributed by atoms with Crippen LogP contribution < -0.4 is 5.32 Å². The van der Waals surface area contributed by atoms with Gasteiger partial charge in [-0.1, -0.05) is 25.0 Å². The van der Waals surface area contributed by atoms with Gasteiger partial charge in [-0.25, -0.2) is 0 Å². The van der Waals surface area contributed by atoms with Crippen LogP contribution >= 0.6 is 0 Å². The lowest BCUT2D eigenvalue weighted by atomic mass is 9.86. The van der Waals surface area contributed by atoms with Crippen molar-refractivity contribution in [2.45, 2.75) is 25.7 Å². The van der Waals surface area contributed by atoms with Gasteiger partial charge in [-0.2, -0.15) is 0 Å². The van der Waals surface area contributed by atoms with Crippen LogP contribution in [0.15, 0.2) is 24.3 Å². The van der Waals surface area contributed by atoms with Crippen molar-refractivity contribution >= 4 is 17.6 Å². The number of carboxylic acid groups (broad SMARTS) is 1. The van der Waals surface area contributed by atoms with Crippen molar-refractivity contribution < 1.29 is 19.6 Å². The van der Waals surface area contributed by atoms with Gasteiger partial charge in [0.15, 0.2) is 0 Å². The molecule has 0 saturated heterocycles. The summed E-state index contributed by atoms with van der Waals surface area (Å²) >= 11 is 0. The summed E-state index contributed by atoms with van der Waals surface area (Å²) in [4.78, 5) is 33.7. The number of aliphatic carboxylic acids is 1. The van der Waals surface area contributed by atoms with E-state index in [1.165, 1.54) is 24.3 Å². The zero-order valence-corrected chi connectivity index (χ0v) is 11.4. The van der Waals surface area contributed by atoms with E-state index in [4.69, 9.17) is 0 Å². The number of nitrogens with one attached hydrogen (secondary N) is 1. The van der Waals surface area contributed by atoms with Gasteiger partial charge in [-0.3, -0.25) is 19.7 Å². The molecule has 1 aromatic rings. The Morgan fingerprint density at radius 2 is 1.90 bits per heavy atom. The van der Waals surface area contributed by atoms with Crippen LogP contribution in [0, 0.1) is 15.5 Å². The average Bonchev–Trinajstić information content (AvgIpc) is 2.95. The second kappa shape index (κ2) is 5.90. The van der Waals surface area contributed by atoms with Gasteiger partial charge in [-0.05, 0) is 18.9 Å². The maximum atomic E-state index is 12.1. The fourth-order valence-corrected chi connectivity index (χ4v) is 2.69. The normalized spacial score (nSPS) is 16.4. The fraction of sp³-hybridized carbons (Fsp3) is 0.429. The molecular formula is C14H16N2O5. The molecule has 0 heterocycles. The van der Waals surface area contributed by atoms with E-state index in [0.717, 1.165) is 12.8 Å². The molecular weight excluding hydrogens is 276 g/mol. The third-order valence-electron chi connectivity index (χ3n) is 3.95. The fourth-order valence-electron chi connectivity index (χ4n) is 2.69.